The summed E-state index contributed by atoms with van der Waals surface area (Å²) in [5, 5.41) is 22.7. The Kier molecular flexibility index (Phi) is 17.5. The standard InChI is InChI=1S/C9H7.3C2H6O.Zr/c1-2-5-9-7-3-6-8(9)4-1;3*1-2-3;/h1-7H;3*3H,2H2,1H3;. The number of rotatable bonds is 0. The Balaban J connectivity index is 0. The predicted octanol–water partition coefficient (Wildman–Crippen LogP) is 2.30. The van der Waals surface area contributed by atoms with Crippen LogP contribution in [0.4, 0.5) is 0 Å². The summed E-state index contributed by atoms with van der Waals surface area (Å²) >= 11 is 1.59. The summed E-state index contributed by atoms with van der Waals surface area (Å²) in [7, 11) is 0. The summed E-state index contributed by atoms with van der Waals surface area (Å²) in [5.74, 6) is 0. The zero-order valence-electron chi connectivity index (χ0n) is 12.0. The first-order chi connectivity index (χ1) is 9.12. The Morgan fingerprint density at radius 3 is 1.79 bits per heavy atom. The zero-order chi connectivity index (χ0) is 15.1. The van der Waals surface area contributed by atoms with Crippen molar-refractivity contribution in [2.75, 3.05) is 19.8 Å². The van der Waals surface area contributed by atoms with E-state index in [0.29, 0.717) is 3.63 Å². The molecule has 0 fully saturated rings. The molecule has 0 aromatic heterocycles. The van der Waals surface area contributed by atoms with Crippen LogP contribution in [0.1, 0.15) is 35.5 Å². The third-order valence-corrected chi connectivity index (χ3v) is 3.04. The number of benzene rings is 1. The van der Waals surface area contributed by atoms with Crippen LogP contribution in [-0.2, 0) is 24.7 Å². The number of hydrogen-bond acceptors (Lipinski definition) is 3. The molecule has 0 radical (unpaired) electrons. The number of hydrogen-bond donors (Lipinski definition) is 3. The van der Waals surface area contributed by atoms with Gasteiger partial charge >= 0.3 is 75.9 Å². The summed E-state index contributed by atoms with van der Waals surface area (Å²) in [6.07, 6.45) is 4.50. The molecule has 1 atom stereocenters. The second-order valence-electron chi connectivity index (χ2n) is 3.41. The molecule has 107 valence electrons. The van der Waals surface area contributed by atoms with Crippen molar-refractivity contribution in [3.8, 4) is 0 Å². The molecule has 0 aliphatic heterocycles. The Bertz CT molecular complexity index is 322. The molecular weight excluding hydrogens is 319 g/mol. The summed E-state index contributed by atoms with van der Waals surface area (Å²) in [5.41, 5.74) is 2.91. The van der Waals surface area contributed by atoms with Crippen LogP contribution < -0.4 is 0 Å². The van der Waals surface area contributed by atoms with Crippen molar-refractivity contribution in [3.63, 3.8) is 0 Å². The topological polar surface area (TPSA) is 60.7 Å². The predicted molar refractivity (Wildman–Crippen MR) is 76.5 cm³/mol. The van der Waals surface area contributed by atoms with Crippen LogP contribution >= 0.6 is 0 Å². The molecule has 0 spiro atoms. The molecule has 0 saturated heterocycles. The Hall–Kier alpha value is -0.277. The minimum absolute atomic E-state index is 0.250. The van der Waals surface area contributed by atoms with Gasteiger partial charge < -0.3 is 15.3 Å². The Labute approximate surface area is 131 Å². The van der Waals surface area contributed by atoms with Gasteiger partial charge in [-0.15, -0.1) is 0 Å². The van der Waals surface area contributed by atoms with Crippen molar-refractivity contribution in [3.05, 3.63) is 41.5 Å². The molecule has 1 aliphatic carbocycles. The second kappa shape index (κ2) is 15.8. The monoisotopic (exact) mass is 343 g/mol. The molecule has 4 heteroatoms. The van der Waals surface area contributed by atoms with Crippen LogP contribution in [0.2, 0.25) is 0 Å². The van der Waals surface area contributed by atoms with Crippen molar-refractivity contribution < 1.29 is 40.0 Å². The van der Waals surface area contributed by atoms with E-state index in [1.807, 2.05) is 0 Å². The van der Waals surface area contributed by atoms with Crippen molar-refractivity contribution >= 4 is 6.08 Å². The molecule has 1 unspecified atom stereocenters. The van der Waals surface area contributed by atoms with E-state index in [9.17, 15) is 0 Å². The molecular formula is C15H25O3Zr. The zero-order valence-corrected chi connectivity index (χ0v) is 14.5. The molecule has 3 N–H and O–H groups in total. The number of aliphatic hydroxyl groups is 3. The maximum absolute atomic E-state index is 7.57. The molecule has 2 rings (SSSR count). The van der Waals surface area contributed by atoms with Gasteiger partial charge in [-0.2, -0.15) is 0 Å². The summed E-state index contributed by atoms with van der Waals surface area (Å²) < 4.78 is 0.711. The number of allylic oxidation sites excluding steroid dienone is 1. The van der Waals surface area contributed by atoms with E-state index in [1.54, 1.807) is 45.5 Å². The van der Waals surface area contributed by atoms with Crippen LogP contribution in [0.15, 0.2) is 30.3 Å². The van der Waals surface area contributed by atoms with E-state index in [0.717, 1.165) is 0 Å². The van der Waals surface area contributed by atoms with Crippen LogP contribution in [0, 0.1) is 0 Å². The molecule has 1 aliphatic rings. The van der Waals surface area contributed by atoms with E-state index in [1.165, 1.54) is 11.1 Å². The summed E-state index contributed by atoms with van der Waals surface area (Å²) in [6.45, 7) is 5.79. The fraction of sp³-hybridized carbons (Fsp3) is 0.467. The fourth-order valence-corrected chi connectivity index (χ4v) is 2.13. The normalized spacial score (nSPS) is 13.8. The fourth-order valence-electron chi connectivity index (χ4n) is 1.25. The van der Waals surface area contributed by atoms with Crippen molar-refractivity contribution in [2.24, 2.45) is 0 Å². The molecule has 19 heavy (non-hydrogen) atoms. The third-order valence-electron chi connectivity index (χ3n) is 1.80. The Morgan fingerprint density at radius 1 is 0.947 bits per heavy atom. The van der Waals surface area contributed by atoms with Gasteiger partial charge in [0.1, 0.15) is 0 Å². The maximum atomic E-state index is 7.57. The SMILES string of the molecule is CCO.CCO.CCO.[Zr][CH]1C=Cc2ccccc21. The van der Waals surface area contributed by atoms with Gasteiger partial charge in [0.2, 0.25) is 0 Å². The van der Waals surface area contributed by atoms with Crippen LogP contribution in [0.5, 0.6) is 0 Å². The summed E-state index contributed by atoms with van der Waals surface area (Å²) in [6, 6.07) is 8.60. The second-order valence-corrected chi connectivity index (χ2v) is 4.94. The van der Waals surface area contributed by atoms with Crippen LogP contribution in [0.25, 0.3) is 6.08 Å². The quantitative estimate of drug-likeness (QED) is 0.677. The first-order valence-electron chi connectivity index (χ1n) is 6.43. The van der Waals surface area contributed by atoms with E-state index in [4.69, 9.17) is 15.3 Å². The Morgan fingerprint density at radius 2 is 1.37 bits per heavy atom. The van der Waals surface area contributed by atoms with E-state index in [-0.39, 0.29) is 19.8 Å². The molecule has 0 saturated carbocycles. The average Bonchev–Trinajstić information content (AvgIpc) is 2.75. The molecule has 1 aromatic rings. The van der Waals surface area contributed by atoms with E-state index >= 15 is 0 Å². The van der Waals surface area contributed by atoms with Crippen molar-refractivity contribution in [1.29, 1.82) is 0 Å². The van der Waals surface area contributed by atoms with Gasteiger partial charge in [-0.05, 0) is 20.8 Å². The van der Waals surface area contributed by atoms with Crippen LogP contribution in [-0.4, -0.2) is 35.1 Å². The van der Waals surface area contributed by atoms with Gasteiger partial charge in [-0.1, -0.05) is 0 Å². The molecule has 0 bridgehead atoms. The number of fused-ring (bicyclic) bond motifs is 1. The van der Waals surface area contributed by atoms with Gasteiger partial charge in [0.25, 0.3) is 0 Å². The number of aliphatic hydroxyl groups excluding tert-OH is 3. The van der Waals surface area contributed by atoms with Crippen LogP contribution in [0.3, 0.4) is 0 Å². The van der Waals surface area contributed by atoms with Gasteiger partial charge in [-0.3, -0.25) is 0 Å². The molecule has 0 heterocycles. The van der Waals surface area contributed by atoms with E-state index < -0.39 is 0 Å². The molecule has 0 amide bonds. The van der Waals surface area contributed by atoms with Gasteiger partial charge in [-0.25, -0.2) is 0 Å². The van der Waals surface area contributed by atoms with E-state index in [2.05, 4.69) is 36.4 Å². The van der Waals surface area contributed by atoms with Crippen molar-refractivity contribution in [2.45, 2.75) is 24.4 Å². The first kappa shape index (κ1) is 21.0. The summed E-state index contributed by atoms with van der Waals surface area (Å²) in [4.78, 5) is 0. The first-order valence-corrected chi connectivity index (χ1v) is 7.85. The third kappa shape index (κ3) is 11.3. The molecule has 1 aromatic carbocycles. The average molecular weight is 345 g/mol. The van der Waals surface area contributed by atoms with Gasteiger partial charge in [0.05, 0.1) is 0 Å². The molecule has 3 nitrogen and oxygen atoms in total. The van der Waals surface area contributed by atoms with Crippen molar-refractivity contribution in [1.82, 2.24) is 0 Å². The van der Waals surface area contributed by atoms with Gasteiger partial charge in [0, 0.05) is 19.8 Å². The minimum atomic E-state index is 0.250. The van der Waals surface area contributed by atoms with Gasteiger partial charge in [0.15, 0.2) is 0 Å².